The minimum absolute atomic E-state index is 0.241. The molecule has 114 valence electrons. The van der Waals surface area contributed by atoms with Crippen molar-refractivity contribution < 1.29 is 0 Å². The van der Waals surface area contributed by atoms with E-state index in [-0.39, 0.29) is 5.69 Å². The first-order valence-corrected chi connectivity index (χ1v) is 7.51. The Morgan fingerprint density at radius 3 is 3.00 bits per heavy atom. The molecule has 0 radical (unpaired) electrons. The molecule has 0 aliphatic carbocycles. The lowest BCUT2D eigenvalue weighted by Crippen LogP contribution is -2.42. The van der Waals surface area contributed by atoms with Crippen LogP contribution in [0.3, 0.4) is 0 Å². The topological polar surface area (TPSA) is 78.3 Å². The third-order valence-electron chi connectivity index (χ3n) is 4.05. The van der Waals surface area contributed by atoms with Crippen LogP contribution in [0.5, 0.6) is 0 Å². The number of H-pyrrole nitrogens is 1. The molecule has 1 saturated heterocycles. The summed E-state index contributed by atoms with van der Waals surface area (Å²) in [7, 11) is 0. The SMILES string of the molecule is Cc1nc(N(CC2CCCN2)C(C)C)cc2n[nH]c(=O)n12. The monoisotopic (exact) mass is 290 g/mol. The molecule has 2 aromatic rings. The van der Waals surface area contributed by atoms with Gasteiger partial charge in [-0.3, -0.25) is 0 Å². The maximum Gasteiger partial charge on any atom is 0.349 e. The van der Waals surface area contributed by atoms with E-state index in [0.29, 0.717) is 23.6 Å². The van der Waals surface area contributed by atoms with Crippen molar-refractivity contribution >= 4 is 11.5 Å². The van der Waals surface area contributed by atoms with Crippen molar-refractivity contribution in [1.82, 2.24) is 24.9 Å². The Hall–Kier alpha value is -1.89. The van der Waals surface area contributed by atoms with E-state index in [4.69, 9.17) is 0 Å². The Labute approximate surface area is 123 Å². The van der Waals surface area contributed by atoms with Crippen LogP contribution in [0, 0.1) is 6.92 Å². The average Bonchev–Trinajstić information content (AvgIpc) is 3.05. The Morgan fingerprint density at radius 1 is 1.52 bits per heavy atom. The summed E-state index contributed by atoms with van der Waals surface area (Å²) >= 11 is 0. The molecule has 0 aromatic carbocycles. The minimum atomic E-state index is -0.241. The molecule has 1 unspecified atom stereocenters. The summed E-state index contributed by atoms with van der Waals surface area (Å²) in [4.78, 5) is 18.5. The quantitative estimate of drug-likeness (QED) is 0.866. The minimum Gasteiger partial charge on any atom is -0.352 e. The standard InChI is InChI=1S/C14H22N6O/c1-9(2)19(8-11-5-4-6-15-11)12-7-13-17-18-14(21)20(13)10(3)16-12/h7,9,11,15H,4-6,8H2,1-3H3,(H,18,21). The van der Waals surface area contributed by atoms with E-state index in [1.807, 2.05) is 13.0 Å². The van der Waals surface area contributed by atoms with Gasteiger partial charge >= 0.3 is 5.69 Å². The number of nitrogens with zero attached hydrogens (tertiary/aromatic N) is 4. The van der Waals surface area contributed by atoms with Gasteiger partial charge in [0.15, 0.2) is 5.65 Å². The molecule has 1 aliphatic rings. The number of aromatic amines is 1. The van der Waals surface area contributed by atoms with Gasteiger partial charge in [-0.05, 0) is 40.2 Å². The fourth-order valence-electron chi connectivity index (χ4n) is 2.95. The molecule has 2 aromatic heterocycles. The van der Waals surface area contributed by atoms with Gasteiger partial charge in [-0.25, -0.2) is 19.3 Å². The predicted molar refractivity (Wildman–Crippen MR) is 81.9 cm³/mol. The summed E-state index contributed by atoms with van der Waals surface area (Å²) in [5.74, 6) is 1.54. The largest absolute Gasteiger partial charge is 0.352 e. The van der Waals surface area contributed by atoms with Crippen LogP contribution >= 0.6 is 0 Å². The van der Waals surface area contributed by atoms with Gasteiger partial charge in [0.2, 0.25) is 0 Å². The Kier molecular flexibility index (Phi) is 3.67. The van der Waals surface area contributed by atoms with Crippen LogP contribution in [0.15, 0.2) is 10.9 Å². The lowest BCUT2D eigenvalue weighted by atomic mass is 10.2. The van der Waals surface area contributed by atoms with E-state index in [1.165, 1.54) is 17.2 Å². The van der Waals surface area contributed by atoms with Crippen LogP contribution in [0.2, 0.25) is 0 Å². The number of nitrogens with one attached hydrogen (secondary N) is 2. The number of rotatable bonds is 4. The molecular weight excluding hydrogens is 268 g/mol. The van der Waals surface area contributed by atoms with Crippen LogP contribution in [0.1, 0.15) is 32.5 Å². The van der Waals surface area contributed by atoms with Gasteiger partial charge in [-0.15, -0.1) is 0 Å². The maximum absolute atomic E-state index is 11.7. The Morgan fingerprint density at radius 2 is 2.33 bits per heavy atom. The predicted octanol–water partition coefficient (Wildman–Crippen LogP) is 0.693. The van der Waals surface area contributed by atoms with Crippen molar-refractivity contribution in [3.8, 4) is 0 Å². The molecule has 21 heavy (non-hydrogen) atoms. The molecule has 0 spiro atoms. The highest BCUT2D eigenvalue weighted by Crippen LogP contribution is 2.19. The number of aryl methyl sites for hydroxylation is 1. The third kappa shape index (κ3) is 2.65. The summed E-state index contributed by atoms with van der Waals surface area (Å²) in [5, 5.41) is 10.1. The molecule has 0 bridgehead atoms. The van der Waals surface area contributed by atoms with Crippen molar-refractivity contribution in [3.63, 3.8) is 0 Å². The molecule has 3 rings (SSSR count). The second-order valence-corrected chi connectivity index (χ2v) is 5.92. The zero-order valence-electron chi connectivity index (χ0n) is 12.8. The first-order valence-electron chi connectivity index (χ1n) is 7.51. The van der Waals surface area contributed by atoms with Gasteiger partial charge in [-0.2, -0.15) is 5.10 Å². The summed E-state index contributed by atoms with van der Waals surface area (Å²) in [6.07, 6.45) is 2.43. The van der Waals surface area contributed by atoms with Crippen LogP contribution in [-0.4, -0.2) is 44.8 Å². The van der Waals surface area contributed by atoms with Crippen LogP contribution in [-0.2, 0) is 0 Å². The molecule has 3 heterocycles. The highest BCUT2D eigenvalue weighted by Gasteiger charge is 2.22. The average molecular weight is 290 g/mol. The number of fused-ring (bicyclic) bond motifs is 1. The second-order valence-electron chi connectivity index (χ2n) is 5.92. The molecule has 0 amide bonds. The van der Waals surface area contributed by atoms with Gasteiger partial charge < -0.3 is 10.2 Å². The number of anilines is 1. The summed E-state index contributed by atoms with van der Waals surface area (Å²) in [6.45, 7) is 8.17. The van der Waals surface area contributed by atoms with Crippen molar-refractivity contribution in [2.75, 3.05) is 18.0 Å². The summed E-state index contributed by atoms with van der Waals surface area (Å²) < 4.78 is 1.50. The van der Waals surface area contributed by atoms with Gasteiger partial charge in [0.05, 0.1) is 0 Å². The molecule has 1 fully saturated rings. The molecule has 7 nitrogen and oxygen atoms in total. The van der Waals surface area contributed by atoms with Crippen LogP contribution < -0.4 is 15.9 Å². The van der Waals surface area contributed by atoms with Crippen molar-refractivity contribution in [1.29, 1.82) is 0 Å². The fourth-order valence-corrected chi connectivity index (χ4v) is 2.95. The normalized spacial score (nSPS) is 18.8. The first-order chi connectivity index (χ1) is 10.1. The van der Waals surface area contributed by atoms with Gasteiger partial charge in [0, 0.05) is 24.7 Å². The van der Waals surface area contributed by atoms with E-state index >= 15 is 0 Å². The maximum atomic E-state index is 11.7. The zero-order valence-corrected chi connectivity index (χ0v) is 12.8. The van der Waals surface area contributed by atoms with E-state index in [2.05, 4.69) is 39.2 Å². The van der Waals surface area contributed by atoms with E-state index < -0.39 is 0 Å². The third-order valence-corrected chi connectivity index (χ3v) is 4.05. The molecule has 1 atom stereocenters. The summed E-state index contributed by atoms with van der Waals surface area (Å²) in [6, 6.07) is 2.72. The zero-order chi connectivity index (χ0) is 15.0. The lowest BCUT2D eigenvalue weighted by molar-refractivity contribution is 0.548. The highest BCUT2D eigenvalue weighted by molar-refractivity contribution is 5.52. The van der Waals surface area contributed by atoms with Gasteiger partial charge in [0.1, 0.15) is 11.6 Å². The van der Waals surface area contributed by atoms with Crippen molar-refractivity contribution in [2.45, 2.75) is 45.7 Å². The van der Waals surface area contributed by atoms with E-state index in [9.17, 15) is 4.79 Å². The molecular formula is C14H22N6O. The van der Waals surface area contributed by atoms with Crippen LogP contribution in [0.4, 0.5) is 5.82 Å². The first kappa shape index (κ1) is 14.1. The number of hydrogen-bond acceptors (Lipinski definition) is 5. The Bertz CT molecular complexity index is 682. The van der Waals surface area contributed by atoms with E-state index in [1.54, 1.807) is 0 Å². The van der Waals surface area contributed by atoms with Crippen molar-refractivity contribution in [3.05, 3.63) is 22.4 Å². The fraction of sp³-hybridized carbons (Fsp3) is 0.643. The van der Waals surface area contributed by atoms with Crippen LogP contribution in [0.25, 0.3) is 5.65 Å². The molecule has 2 N–H and O–H groups in total. The summed E-state index contributed by atoms with van der Waals surface area (Å²) in [5.41, 5.74) is 0.377. The van der Waals surface area contributed by atoms with Gasteiger partial charge in [0.25, 0.3) is 0 Å². The van der Waals surface area contributed by atoms with E-state index in [0.717, 1.165) is 18.9 Å². The smallest absolute Gasteiger partial charge is 0.349 e. The molecule has 1 aliphatic heterocycles. The Balaban J connectivity index is 1.96. The van der Waals surface area contributed by atoms with Gasteiger partial charge in [-0.1, -0.05) is 0 Å². The molecule has 0 saturated carbocycles. The highest BCUT2D eigenvalue weighted by atomic mass is 16.1. The lowest BCUT2D eigenvalue weighted by Gasteiger charge is -2.30. The second kappa shape index (κ2) is 5.48. The molecule has 7 heteroatoms. The van der Waals surface area contributed by atoms with Crippen molar-refractivity contribution in [2.24, 2.45) is 0 Å². The number of aromatic nitrogens is 4. The number of hydrogen-bond donors (Lipinski definition) is 2.